The average molecular weight is 293 g/mol. The number of aromatic nitrogens is 2. The summed E-state index contributed by atoms with van der Waals surface area (Å²) in [6.45, 7) is 0.696. The first-order valence-corrected chi connectivity index (χ1v) is 6.42. The number of rotatable bonds is 4. The lowest BCUT2D eigenvalue weighted by atomic mass is 10.2. The maximum absolute atomic E-state index is 5.96. The third-order valence-electron chi connectivity index (χ3n) is 2.59. The summed E-state index contributed by atoms with van der Waals surface area (Å²) in [7, 11) is 1.94. The van der Waals surface area contributed by atoms with E-state index in [4.69, 9.17) is 29.6 Å². The number of nitrogens with two attached hydrogens (primary N) is 1. The first-order valence-electron chi connectivity index (χ1n) is 5.63. The van der Waals surface area contributed by atoms with E-state index in [0.717, 1.165) is 16.4 Å². The van der Waals surface area contributed by atoms with E-state index >= 15 is 0 Å². The van der Waals surface area contributed by atoms with Gasteiger partial charge in [0.1, 0.15) is 16.5 Å². The quantitative estimate of drug-likeness (QED) is 0.877. The third kappa shape index (κ3) is 3.62. The van der Waals surface area contributed by atoms with E-state index in [0.29, 0.717) is 12.2 Å². The summed E-state index contributed by atoms with van der Waals surface area (Å²) in [6, 6.07) is 7.71. The van der Waals surface area contributed by atoms with Gasteiger partial charge in [0.15, 0.2) is 0 Å². The summed E-state index contributed by atoms with van der Waals surface area (Å²) in [5.41, 5.74) is 7.11. The molecule has 0 aliphatic heterocycles. The van der Waals surface area contributed by atoms with Crippen LogP contribution in [0.4, 0.5) is 5.82 Å². The molecule has 0 saturated heterocycles. The lowest BCUT2D eigenvalue weighted by Gasteiger charge is -2.18. The van der Waals surface area contributed by atoms with Crippen molar-refractivity contribution in [3.63, 3.8) is 0 Å². The molecule has 0 atom stereocenters. The van der Waals surface area contributed by atoms with Crippen LogP contribution in [-0.4, -0.2) is 22.0 Å². The van der Waals surface area contributed by atoms with Gasteiger partial charge in [0.2, 0.25) is 0 Å². The van der Waals surface area contributed by atoms with Crippen LogP contribution in [0.1, 0.15) is 11.3 Å². The Kier molecular flexibility index (Phi) is 4.29. The number of thiocarbonyl (C=S) groups is 1. The molecule has 2 N–H and O–H groups in total. The van der Waals surface area contributed by atoms with Gasteiger partial charge in [-0.05, 0) is 17.7 Å². The van der Waals surface area contributed by atoms with Crippen LogP contribution in [0.25, 0.3) is 0 Å². The number of halogens is 1. The Bertz CT molecular complexity index is 585. The van der Waals surface area contributed by atoms with Gasteiger partial charge in [0.05, 0.1) is 12.4 Å². The van der Waals surface area contributed by atoms with Gasteiger partial charge in [0, 0.05) is 18.6 Å². The second kappa shape index (κ2) is 5.95. The molecule has 0 fully saturated rings. The van der Waals surface area contributed by atoms with Crippen molar-refractivity contribution in [2.24, 2.45) is 5.73 Å². The normalized spacial score (nSPS) is 10.2. The molecule has 2 rings (SSSR count). The van der Waals surface area contributed by atoms with E-state index in [1.165, 1.54) is 0 Å². The lowest BCUT2D eigenvalue weighted by Crippen LogP contribution is -2.19. The van der Waals surface area contributed by atoms with Crippen molar-refractivity contribution in [1.82, 2.24) is 9.97 Å². The molecule has 0 unspecified atom stereocenters. The Labute approximate surface area is 122 Å². The predicted molar refractivity (Wildman–Crippen MR) is 81.5 cm³/mol. The molecule has 98 valence electrons. The molecular formula is C13H13ClN4S. The highest BCUT2D eigenvalue weighted by Gasteiger charge is 2.06. The Hall–Kier alpha value is -1.72. The molecule has 0 amide bonds. The molecule has 0 spiro atoms. The van der Waals surface area contributed by atoms with E-state index in [2.05, 4.69) is 9.97 Å². The molecule has 0 aliphatic rings. The fourth-order valence-corrected chi connectivity index (χ4v) is 1.95. The predicted octanol–water partition coefficient (Wildman–Crippen LogP) is 2.40. The molecule has 2 aromatic rings. The summed E-state index contributed by atoms with van der Waals surface area (Å²) in [5, 5.41) is 0.723. The monoisotopic (exact) mass is 292 g/mol. The maximum Gasteiger partial charge on any atom is 0.147 e. The SMILES string of the molecule is CN(Cc1cccc(Cl)c1)c1cnc(C(N)=S)cn1. The van der Waals surface area contributed by atoms with Crippen molar-refractivity contribution in [2.45, 2.75) is 6.54 Å². The molecule has 1 heterocycles. The minimum Gasteiger partial charge on any atom is -0.388 e. The second-order valence-electron chi connectivity index (χ2n) is 4.11. The van der Waals surface area contributed by atoms with Crippen LogP contribution in [0.2, 0.25) is 5.02 Å². The van der Waals surface area contributed by atoms with Crippen molar-refractivity contribution in [1.29, 1.82) is 0 Å². The van der Waals surface area contributed by atoms with E-state index in [9.17, 15) is 0 Å². The fraction of sp³-hybridized carbons (Fsp3) is 0.154. The van der Waals surface area contributed by atoms with Crippen LogP contribution in [0.5, 0.6) is 0 Å². The number of hydrogen-bond acceptors (Lipinski definition) is 4. The molecule has 1 aromatic carbocycles. The molecular weight excluding hydrogens is 280 g/mol. The van der Waals surface area contributed by atoms with Crippen molar-refractivity contribution in [3.05, 3.63) is 52.9 Å². The zero-order valence-corrected chi connectivity index (χ0v) is 11.9. The van der Waals surface area contributed by atoms with Gasteiger partial charge in [-0.15, -0.1) is 0 Å². The van der Waals surface area contributed by atoms with Gasteiger partial charge < -0.3 is 10.6 Å². The van der Waals surface area contributed by atoms with Crippen molar-refractivity contribution < 1.29 is 0 Å². The number of nitrogens with zero attached hydrogens (tertiary/aromatic N) is 3. The molecule has 0 saturated carbocycles. The Morgan fingerprint density at radius 2 is 2.16 bits per heavy atom. The van der Waals surface area contributed by atoms with Gasteiger partial charge in [0.25, 0.3) is 0 Å². The summed E-state index contributed by atoms with van der Waals surface area (Å²) in [5.74, 6) is 0.750. The second-order valence-corrected chi connectivity index (χ2v) is 4.99. The zero-order chi connectivity index (χ0) is 13.8. The topological polar surface area (TPSA) is 55.0 Å². The van der Waals surface area contributed by atoms with Crippen molar-refractivity contribution in [3.8, 4) is 0 Å². The summed E-state index contributed by atoms with van der Waals surface area (Å²) >= 11 is 10.8. The first kappa shape index (κ1) is 13.7. The Morgan fingerprint density at radius 1 is 1.37 bits per heavy atom. The van der Waals surface area contributed by atoms with Gasteiger partial charge >= 0.3 is 0 Å². The smallest absolute Gasteiger partial charge is 0.147 e. The average Bonchev–Trinajstić information content (AvgIpc) is 2.39. The first-order chi connectivity index (χ1) is 9.06. The van der Waals surface area contributed by atoms with E-state index in [1.54, 1.807) is 12.4 Å². The van der Waals surface area contributed by atoms with Crippen LogP contribution in [0.3, 0.4) is 0 Å². The highest BCUT2D eigenvalue weighted by Crippen LogP contribution is 2.15. The molecule has 19 heavy (non-hydrogen) atoms. The zero-order valence-electron chi connectivity index (χ0n) is 10.4. The molecule has 0 bridgehead atoms. The highest BCUT2D eigenvalue weighted by molar-refractivity contribution is 7.80. The molecule has 1 aromatic heterocycles. The van der Waals surface area contributed by atoms with Crippen molar-refractivity contribution in [2.75, 3.05) is 11.9 Å². The number of benzene rings is 1. The van der Waals surface area contributed by atoms with Gasteiger partial charge in [-0.1, -0.05) is 36.0 Å². The van der Waals surface area contributed by atoms with Crippen LogP contribution in [0, 0.1) is 0 Å². The van der Waals surface area contributed by atoms with Crippen LogP contribution < -0.4 is 10.6 Å². The Morgan fingerprint density at radius 3 is 2.74 bits per heavy atom. The summed E-state index contributed by atoms with van der Waals surface area (Å²) in [6.07, 6.45) is 3.23. The van der Waals surface area contributed by atoms with E-state index in [-0.39, 0.29) is 4.99 Å². The van der Waals surface area contributed by atoms with Crippen LogP contribution in [0.15, 0.2) is 36.7 Å². The van der Waals surface area contributed by atoms with E-state index < -0.39 is 0 Å². The lowest BCUT2D eigenvalue weighted by molar-refractivity contribution is 0.889. The molecule has 6 heteroatoms. The summed E-state index contributed by atoms with van der Waals surface area (Å²) < 4.78 is 0. The Balaban J connectivity index is 2.11. The molecule has 0 aliphatic carbocycles. The fourth-order valence-electron chi connectivity index (χ4n) is 1.64. The third-order valence-corrected chi connectivity index (χ3v) is 3.03. The number of anilines is 1. The largest absolute Gasteiger partial charge is 0.388 e. The maximum atomic E-state index is 5.96. The van der Waals surface area contributed by atoms with Gasteiger partial charge in [-0.3, -0.25) is 0 Å². The summed E-state index contributed by atoms with van der Waals surface area (Å²) in [4.78, 5) is 10.7. The number of hydrogen-bond donors (Lipinski definition) is 1. The highest BCUT2D eigenvalue weighted by atomic mass is 35.5. The van der Waals surface area contributed by atoms with E-state index in [1.807, 2.05) is 36.2 Å². The minimum absolute atomic E-state index is 0.247. The van der Waals surface area contributed by atoms with Gasteiger partial charge in [-0.25, -0.2) is 9.97 Å². The van der Waals surface area contributed by atoms with Crippen LogP contribution >= 0.6 is 23.8 Å². The van der Waals surface area contributed by atoms with Crippen LogP contribution in [-0.2, 0) is 6.54 Å². The molecule has 0 radical (unpaired) electrons. The molecule has 4 nitrogen and oxygen atoms in total. The minimum atomic E-state index is 0.247. The standard InChI is InChI=1S/C13H13ClN4S/c1-18(8-9-3-2-4-10(14)5-9)12-7-16-11(6-17-12)13(15)19/h2-7H,8H2,1H3,(H2,15,19). The van der Waals surface area contributed by atoms with Crippen molar-refractivity contribution >= 4 is 34.6 Å². The van der Waals surface area contributed by atoms with Gasteiger partial charge in [-0.2, -0.15) is 0 Å².